The number of thioether (sulfide) groups is 1. The number of fused-ring (bicyclic) bond motifs is 1. The van der Waals surface area contributed by atoms with Crippen LogP contribution in [-0.4, -0.2) is 34.7 Å². The summed E-state index contributed by atoms with van der Waals surface area (Å²) in [6.45, 7) is 3.79. The van der Waals surface area contributed by atoms with E-state index in [0.29, 0.717) is 5.92 Å². The minimum Gasteiger partial charge on any atom is -0.351 e. The van der Waals surface area contributed by atoms with Gasteiger partial charge in [-0.25, -0.2) is 4.98 Å². The molecule has 2 aliphatic rings. The summed E-state index contributed by atoms with van der Waals surface area (Å²) in [6, 6.07) is 2.03. The molecular weight excluding hydrogens is 320 g/mol. The Kier molecular flexibility index (Phi) is 4.22. The molecule has 1 fully saturated rings. The Morgan fingerprint density at radius 2 is 2.38 bits per heavy atom. The SMILES string of the molecule is Cc1c[nH]c2nccc(N3C=C(C(=O)NCC4CCC4)SCC3)c12. The number of aromatic amines is 1. The van der Waals surface area contributed by atoms with Crippen molar-refractivity contribution < 1.29 is 4.79 Å². The van der Waals surface area contributed by atoms with E-state index in [2.05, 4.69) is 27.1 Å². The lowest BCUT2D eigenvalue weighted by atomic mass is 9.85. The fourth-order valence-corrected chi connectivity index (χ4v) is 4.18. The highest BCUT2D eigenvalue weighted by Gasteiger charge is 2.22. The van der Waals surface area contributed by atoms with Gasteiger partial charge in [-0.2, -0.15) is 0 Å². The number of pyridine rings is 1. The number of anilines is 1. The van der Waals surface area contributed by atoms with Gasteiger partial charge in [-0.15, -0.1) is 11.8 Å². The van der Waals surface area contributed by atoms with Crippen LogP contribution in [-0.2, 0) is 4.79 Å². The number of aromatic nitrogens is 2. The summed E-state index contributed by atoms with van der Waals surface area (Å²) in [5, 5.41) is 4.23. The predicted octanol–water partition coefficient (Wildman–Crippen LogP) is 3.18. The first-order chi connectivity index (χ1) is 11.7. The molecule has 0 unspecified atom stereocenters. The number of rotatable bonds is 4. The van der Waals surface area contributed by atoms with Crippen molar-refractivity contribution in [2.45, 2.75) is 26.2 Å². The maximum Gasteiger partial charge on any atom is 0.259 e. The molecule has 6 heteroatoms. The van der Waals surface area contributed by atoms with Gasteiger partial charge >= 0.3 is 0 Å². The minimum atomic E-state index is 0.0627. The fourth-order valence-electron chi connectivity index (χ4n) is 3.27. The molecule has 0 atom stereocenters. The number of amides is 1. The van der Waals surface area contributed by atoms with E-state index in [1.165, 1.54) is 24.8 Å². The van der Waals surface area contributed by atoms with Gasteiger partial charge in [0.2, 0.25) is 0 Å². The first-order valence-electron chi connectivity index (χ1n) is 8.54. The van der Waals surface area contributed by atoms with Crippen LogP contribution in [0.3, 0.4) is 0 Å². The topological polar surface area (TPSA) is 61.0 Å². The Hall–Kier alpha value is -1.95. The lowest BCUT2D eigenvalue weighted by Gasteiger charge is -2.28. The van der Waals surface area contributed by atoms with Crippen LogP contribution >= 0.6 is 11.8 Å². The zero-order valence-corrected chi connectivity index (χ0v) is 14.7. The molecule has 5 nitrogen and oxygen atoms in total. The molecule has 2 aromatic heterocycles. The summed E-state index contributed by atoms with van der Waals surface area (Å²) in [5.41, 5.74) is 3.19. The van der Waals surface area contributed by atoms with Gasteiger partial charge in [0.1, 0.15) is 5.65 Å². The molecule has 0 saturated heterocycles. The summed E-state index contributed by atoms with van der Waals surface area (Å²) in [4.78, 5) is 23.0. The van der Waals surface area contributed by atoms with E-state index in [1.54, 1.807) is 11.8 Å². The van der Waals surface area contributed by atoms with Crippen molar-refractivity contribution in [2.24, 2.45) is 5.92 Å². The molecule has 1 saturated carbocycles. The molecule has 3 heterocycles. The second-order valence-corrected chi connectivity index (χ2v) is 7.70. The number of aryl methyl sites for hydroxylation is 1. The van der Waals surface area contributed by atoms with Gasteiger partial charge < -0.3 is 15.2 Å². The van der Waals surface area contributed by atoms with Crippen LogP contribution in [0.15, 0.2) is 29.6 Å². The second kappa shape index (κ2) is 6.51. The number of hydrogen-bond donors (Lipinski definition) is 2. The minimum absolute atomic E-state index is 0.0627. The molecule has 1 amide bonds. The van der Waals surface area contributed by atoms with Crippen LogP contribution in [0.1, 0.15) is 24.8 Å². The van der Waals surface area contributed by atoms with Crippen molar-refractivity contribution in [1.82, 2.24) is 15.3 Å². The van der Waals surface area contributed by atoms with Gasteiger partial charge in [0.25, 0.3) is 5.91 Å². The normalized spacial score (nSPS) is 18.4. The molecule has 4 rings (SSSR count). The third kappa shape index (κ3) is 2.90. The molecule has 1 aliphatic carbocycles. The smallest absolute Gasteiger partial charge is 0.259 e. The van der Waals surface area contributed by atoms with E-state index in [0.717, 1.165) is 40.5 Å². The zero-order valence-electron chi connectivity index (χ0n) is 13.8. The second-order valence-electron chi connectivity index (χ2n) is 6.57. The number of hydrogen-bond acceptors (Lipinski definition) is 4. The van der Waals surface area contributed by atoms with Gasteiger partial charge in [0, 0.05) is 42.8 Å². The standard InChI is InChI=1S/C18H22N4OS/c1-12-9-20-17-16(12)14(5-6-19-17)22-7-8-24-15(11-22)18(23)21-10-13-3-2-4-13/h5-6,9,11,13H,2-4,7-8,10H2,1H3,(H,19,20)(H,21,23). The number of nitrogens with one attached hydrogen (secondary N) is 2. The predicted molar refractivity (Wildman–Crippen MR) is 99.1 cm³/mol. The van der Waals surface area contributed by atoms with E-state index in [9.17, 15) is 4.79 Å². The lowest BCUT2D eigenvalue weighted by Crippen LogP contribution is -2.34. The van der Waals surface area contributed by atoms with Gasteiger partial charge in [-0.05, 0) is 37.3 Å². The molecule has 24 heavy (non-hydrogen) atoms. The largest absolute Gasteiger partial charge is 0.351 e. The van der Waals surface area contributed by atoms with Crippen molar-refractivity contribution in [3.05, 3.63) is 35.1 Å². The Morgan fingerprint density at radius 3 is 3.17 bits per heavy atom. The average Bonchev–Trinajstić information content (AvgIpc) is 2.95. The van der Waals surface area contributed by atoms with E-state index in [1.807, 2.05) is 24.7 Å². The van der Waals surface area contributed by atoms with Gasteiger partial charge in [0.05, 0.1) is 10.6 Å². The molecule has 0 bridgehead atoms. The van der Waals surface area contributed by atoms with E-state index < -0.39 is 0 Å². The summed E-state index contributed by atoms with van der Waals surface area (Å²) >= 11 is 1.64. The Balaban J connectivity index is 1.56. The monoisotopic (exact) mass is 342 g/mol. The lowest BCUT2D eigenvalue weighted by molar-refractivity contribution is -0.117. The first-order valence-corrected chi connectivity index (χ1v) is 9.53. The number of carbonyl (C=O) groups is 1. The van der Waals surface area contributed by atoms with Gasteiger partial charge in [-0.1, -0.05) is 6.42 Å². The highest BCUT2D eigenvalue weighted by Crippen LogP contribution is 2.32. The summed E-state index contributed by atoms with van der Waals surface area (Å²) in [6.07, 6.45) is 9.60. The number of carbonyl (C=O) groups excluding carboxylic acids is 1. The van der Waals surface area contributed by atoms with Crippen molar-refractivity contribution in [3.8, 4) is 0 Å². The van der Waals surface area contributed by atoms with Crippen LogP contribution < -0.4 is 10.2 Å². The van der Waals surface area contributed by atoms with E-state index in [4.69, 9.17) is 0 Å². The Bertz CT molecular complexity index is 793. The summed E-state index contributed by atoms with van der Waals surface area (Å²) < 4.78 is 0. The molecule has 1 aliphatic heterocycles. The van der Waals surface area contributed by atoms with Crippen molar-refractivity contribution >= 4 is 34.4 Å². The Morgan fingerprint density at radius 1 is 1.50 bits per heavy atom. The molecular formula is C18H22N4OS. The molecule has 0 spiro atoms. The average molecular weight is 342 g/mol. The number of H-pyrrole nitrogens is 1. The van der Waals surface area contributed by atoms with Crippen molar-refractivity contribution in [1.29, 1.82) is 0 Å². The van der Waals surface area contributed by atoms with Crippen molar-refractivity contribution in [2.75, 3.05) is 23.7 Å². The zero-order chi connectivity index (χ0) is 16.5. The quantitative estimate of drug-likeness (QED) is 0.896. The molecule has 2 N–H and O–H groups in total. The summed E-state index contributed by atoms with van der Waals surface area (Å²) in [5.74, 6) is 1.66. The van der Waals surface area contributed by atoms with Crippen LogP contribution in [0.2, 0.25) is 0 Å². The fraction of sp³-hybridized carbons (Fsp3) is 0.444. The van der Waals surface area contributed by atoms with Crippen LogP contribution in [0.5, 0.6) is 0 Å². The van der Waals surface area contributed by atoms with E-state index in [-0.39, 0.29) is 5.91 Å². The van der Waals surface area contributed by atoms with Crippen molar-refractivity contribution in [3.63, 3.8) is 0 Å². The highest BCUT2D eigenvalue weighted by molar-refractivity contribution is 8.04. The molecule has 0 radical (unpaired) electrons. The molecule has 0 aromatic carbocycles. The maximum absolute atomic E-state index is 12.5. The van der Waals surface area contributed by atoms with Crippen LogP contribution in [0.4, 0.5) is 5.69 Å². The first kappa shape index (κ1) is 15.6. The van der Waals surface area contributed by atoms with Crippen LogP contribution in [0.25, 0.3) is 11.0 Å². The maximum atomic E-state index is 12.5. The highest BCUT2D eigenvalue weighted by atomic mass is 32.2. The summed E-state index contributed by atoms with van der Waals surface area (Å²) in [7, 11) is 0. The van der Waals surface area contributed by atoms with E-state index >= 15 is 0 Å². The van der Waals surface area contributed by atoms with Crippen LogP contribution in [0, 0.1) is 12.8 Å². The molecule has 2 aromatic rings. The molecule has 126 valence electrons. The third-order valence-corrected chi connectivity index (χ3v) is 5.91. The number of nitrogens with zero attached hydrogens (tertiary/aromatic N) is 2. The van der Waals surface area contributed by atoms with Gasteiger partial charge in [0.15, 0.2) is 0 Å². The third-order valence-electron chi connectivity index (χ3n) is 4.92. The Labute approximate surface area is 145 Å². The van der Waals surface area contributed by atoms with Gasteiger partial charge in [-0.3, -0.25) is 4.79 Å².